The molecule has 0 radical (unpaired) electrons. The van der Waals surface area contributed by atoms with Crippen LogP contribution in [-0.4, -0.2) is 4.98 Å². The molecule has 0 aliphatic heterocycles. The smallest absolute Gasteiger partial charge is 0.0743 e. The largest absolute Gasteiger partial charge is 0.252 e. The number of fused-ring (bicyclic) bond motifs is 2. The zero-order valence-corrected chi connectivity index (χ0v) is 11.7. The molecule has 18 heavy (non-hydrogen) atoms. The van der Waals surface area contributed by atoms with E-state index in [1.54, 1.807) is 0 Å². The van der Waals surface area contributed by atoms with E-state index in [1.165, 1.54) is 39.7 Å². The SMILES string of the molecule is CC(C)c1cccc2c(CCl)c3c(nc12)CCC3. The maximum atomic E-state index is 6.19. The molecule has 0 N–H and O–H groups in total. The number of rotatable bonds is 2. The van der Waals surface area contributed by atoms with Crippen molar-refractivity contribution in [1.29, 1.82) is 0 Å². The van der Waals surface area contributed by atoms with Gasteiger partial charge in [0.1, 0.15) is 0 Å². The number of alkyl halides is 1. The Hall–Kier alpha value is -1.08. The Labute approximate surface area is 113 Å². The van der Waals surface area contributed by atoms with Crippen LogP contribution in [0.25, 0.3) is 10.9 Å². The van der Waals surface area contributed by atoms with Crippen molar-refractivity contribution in [3.05, 3.63) is 40.6 Å². The normalized spacial score (nSPS) is 14.4. The molecule has 94 valence electrons. The highest BCUT2D eigenvalue weighted by Gasteiger charge is 2.20. The van der Waals surface area contributed by atoms with E-state index in [0.29, 0.717) is 11.8 Å². The minimum Gasteiger partial charge on any atom is -0.252 e. The number of aromatic nitrogens is 1. The molecular formula is C16H18ClN. The summed E-state index contributed by atoms with van der Waals surface area (Å²) >= 11 is 6.19. The van der Waals surface area contributed by atoms with Gasteiger partial charge in [0, 0.05) is 17.0 Å². The van der Waals surface area contributed by atoms with Crippen LogP contribution in [0.15, 0.2) is 18.2 Å². The summed E-state index contributed by atoms with van der Waals surface area (Å²) < 4.78 is 0. The number of aryl methyl sites for hydroxylation is 1. The first-order valence-corrected chi connectivity index (χ1v) is 7.25. The molecule has 0 saturated heterocycles. The lowest BCUT2D eigenvalue weighted by atomic mass is 9.95. The summed E-state index contributed by atoms with van der Waals surface area (Å²) in [5.41, 5.74) is 6.53. The number of halogens is 1. The van der Waals surface area contributed by atoms with Gasteiger partial charge < -0.3 is 0 Å². The van der Waals surface area contributed by atoms with Gasteiger partial charge >= 0.3 is 0 Å². The fourth-order valence-electron chi connectivity index (χ4n) is 3.02. The molecular weight excluding hydrogens is 242 g/mol. The third-order valence-electron chi connectivity index (χ3n) is 3.95. The number of para-hydroxylation sites is 1. The fourth-order valence-corrected chi connectivity index (χ4v) is 3.33. The van der Waals surface area contributed by atoms with Crippen LogP contribution in [0.3, 0.4) is 0 Å². The summed E-state index contributed by atoms with van der Waals surface area (Å²) in [7, 11) is 0. The van der Waals surface area contributed by atoms with Gasteiger partial charge in [-0.25, -0.2) is 0 Å². The van der Waals surface area contributed by atoms with Crippen molar-refractivity contribution < 1.29 is 0 Å². The molecule has 2 aromatic rings. The average Bonchev–Trinajstić information content (AvgIpc) is 2.82. The second kappa shape index (κ2) is 4.55. The minimum atomic E-state index is 0.504. The highest BCUT2D eigenvalue weighted by atomic mass is 35.5. The quantitative estimate of drug-likeness (QED) is 0.719. The Balaban J connectivity index is 2.38. The predicted molar refractivity (Wildman–Crippen MR) is 77.4 cm³/mol. The van der Waals surface area contributed by atoms with Crippen molar-refractivity contribution in [2.75, 3.05) is 0 Å². The van der Waals surface area contributed by atoms with E-state index in [0.717, 1.165) is 12.8 Å². The van der Waals surface area contributed by atoms with Crippen LogP contribution < -0.4 is 0 Å². The lowest BCUT2D eigenvalue weighted by molar-refractivity contribution is 0.869. The second-order valence-electron chi connectivity index (χ2n) is 5.40. The van der Waals surface area contributed by atoms with Gasteiger partial charge in [-0.1, -0.05) is 32.0 Å². The van der Waals surface area contributed by atoms with E-state index in [9.17, 15) is 0 Å². The van der Waals surface area contributed by atoms with Crippen LogP contribution in [0.1, 0.15) is 48.6 Å². The van der Waals surface area contributed by atoms with E-state index in [1.807, 2.05) is 0 Å². The summed E-state index contributed by atoms with van der Waals surface area (Å²) in [4.78, 5) is 4.93. The Bertz CT molecular complexity index is 602. The average molecular weight is 260 g/mol. The van der Waals surface area contributed by atoms with Crippen molar-refractivity contribution >= 4 is 22.5 Å². The first-order valence-electron chi connectivity index (χ1n) is 6.71. The topological polar surface area (TPSA) is 12.9 Å². The summed E-state index contributed by atoms with van der Waals surface area (Å²) in [6.07, 6.45) is 3.48. The highest BCUT2D eigenvalue weighted by Crippen LogP contribution is 2.34. The van der Waals surface area contributed by atoms with Gasteiger partial charge in [0.2, 0.25) is 0 Å². The Morgan fingerprint density at radius 1 is 1.28 bits per heavy atom. The number of nitrogens with zero attached hydrogens (tertiary/aromatic N) is 1. The van der Waals surface area contributed by atoms with Gasteiger partial charge in [0.15, 0.2) is 0 Å². The van der Waals surface area contributed by atoms with Gasteiger partial charge in [-0.3, -0.25) is 4.98 Å². The van der Waals surface area contributed by atoms with E-state index in [-0.39, 0.29) is 0 Å². The predicted octanol–water partition coefficient (Wildman–Crippen LogP) is 4.59. The minimum absolute atomic E-state index is 0.504. The maximum absolute atomic E-state index is 6.19. The van der Waals surface area contributed by atoms with Crippen molar-refractivity contribution in [3.8, 4) is 0 Å². The van der Waals surface area contributed by atoms with Gasteiger partial charge in [0.05, 0.1) is 5.52 Å². The van der Waals surface area contributed by atoms with Crippen LogP contribution in [-0.2, 0) is 18.7 Å². The molecule has 0 unspecified atom stereocenters. The molecule has 0 saturated carbocycles. The molecule has 3 rings (SSSR count). The fraction of sp³-hybridized carbons (Fsp3) is 0.438. The standard InChI is InChI=1S/C16H18ClN/c1-10(2)11-5-3-7-13-14(9-17)12-6-4-8-15(12)18-16(11)13/h3,5,7,10H,4,6,8-9H2,1-2H3. The van der Waals surface area contributed by atoms with Crippen LogP contribution >= 0.6 is 11.6 Å². The second-order valence-corrected chi connectivity index (χ2v) is 5.67. The van der Waals surface area contributed by atoms with Crippen molar-refractivity contribution in [2.45, 2.75) is 44.9 Å². The zero-order chi connectivity index (χ0) is 12.7. The van der Waals surface area contributed by atoms with E-state index < -0.39 is 0 Å². The van der Waals surface area contributed by atoms with Crippen LogP contribution in [0.4, 0.5) is 0 Å². The molecule has 1 aliphatic carbocycles. The molecule has 1 heterocycles. The third kappa shape index (κ3) is 1.73. The van der Waals surface area contributed by atoms with Crippen molar-refractivity contribution in [3.63, 3.8) is 0 Å². The van der Waals surface area contributed by atoms with Crippen LogP contribution in [0.2, 0.25) is 0 Å². The van der Waals surface area contributed by atoms with Gasteiger partial charge in [-0.2, -0.15) is 0 Å². The summed E-state index contributed by atoms with van der Waals surface area (Å²) in [6.45, 7) is 4.45. The van der Waals surface area contributed by atoms with E-state index >= 15 is 0 Å². The Kier molecular flexibility index (Phi) is 3.03. The number of pyridine rings is 1. The van der Waals surface area contributed by atoms with Gasteiger partial charge in [-0.15, -0.1) is 11.6 Å². The highest BCUT2D eigenvalue weighted by molar-refractivity contribution is 6.18. The van der Waals surface area contributed by atoms with Crippen LogP contribution in [0, 0.1) is 0 Å². The van der Waals surface area contributed by atoms with Gasteiger partial charge in [-0.05, 0) is 41.9 Å². The van der Waals surface area contributed by atoms with Crippen molar-refractivity contribution in [1.82, 2.24) is 4.98 Å². The Morgan fingerprint density at radius 3 is 2.83 bits per heavy atom. The molecule has 0 fully saturated rings. The van der Waals surface area contributed by atoms with E-state index in [2.05, 4.69) is 32.0 Å². The first kappa shape index (κ1) is 12.0. The number of hydrogen-bond acceptors (Lipinski definition) is 1. The molecule has 1 aromatic heterocycles. The molecule has 1 nitrogen and oxygen atoms in total. The molecule has 0 spiro atoms. The number of hydrogen-bond donors (Lipinski definition) is 0. The monoisotopic (exact) mass is 259 g/mol. The summed E-state index contributed by atoms with van der Waals surface area (Å²) in [5, 5.41) is 1.26. The molecule has 0 bridgehead atoms. The third-order valence-corrected chi connectivity index (χ3v) is 4.21. The van der Waals surface area contributed by atoms with Gasteiger partial charge in [0.25, 0.3) is 0 Å². The molecule has 0 atom stereocenters. The first-order chi connectivity index (χ1) is 8.72. The maximum Gasteiger partial charge on any atom is 0.0743 e. The number of benzene rings is 1. The lowest BCUT2D eigenvalue weighted by Gasteiger charge is -2.14. The Morgan fingerprint density at radius 2 is 2.11 bits per heavy atom. The summed E-state index contributed by atoms with van der Waals surface area (Å²) in [6, 6.07) is 6.50. The molecule has 0 amide bonds. The zero-order valence-electron chi connectivity index (χ0n) is 11.0. The molecule has 1 aromatic carbocycles. The van der Waals surface area contributed by atoms with Crippen LogP contribution in [0.5, 0.6) is 0 Å². The molecule has 1 aliphatic rings. The lowest BCUT2D eigenvalue weighted by Crippen LogP contribution is -2.00. The molecule has 2 heteroatoms. The summed E-state index contributed by atoms with van der Waals surface area (Å²) in [5.74, 6) is 1.10. The van der Waals surface area contributed by atoms with E-state index in [4.69, 9.17) is 16.6 Å². The van der Waals surface area contributed by atoms with Crippen molar-refractivity contribution in [2.24, 2.45) is 0 Å².